The van der Waals surface area contributed by atoms with E-state index in [1.807, 2.05) is 43.3 Å². The molecule has 0 amide bonds. The van der Waals surface area contributed by atoms with Gasteiger partial charge in [-0.1, -0.05) is 41.9 Å². The number of aromatic nitrogens is 2. The van der Waals surface area contributed by atoms with Crippen LogP contribution in [0.3, 0.4) is 0 Å². The number of ether oxygens (including phenoxy) is 1. The highest BCUT2D eigenvalue weighted by atomic mass is 35.5. The zero-order valence-corrected chi connectivity index (χ0v) is 15.5. The van der Waals surface area contributed by atoms with Gasteiger partial charge in [-0.2, -0.15) is 4.98 Å². The Balaban J connectivity index is 1.66. The molecule has 5 nitrogen and oxygen atoms in total. The number of anilines is 3. The first kappa shape index (κ1) is 18.0. The van der Waals surface area contributed by atoms with Crippen molar-refractivity contribution >= 4 is 29.1 Å². The highest BCUT2D eigenvalue weighted by molar-refractivity contribution is 6.32. The summed E-state index contributed by atoms with van der Waals surface area (Å²) in [7, 11) is 1.59. The molecule has 0 spiro atoms. The number of aryl methyl sites for hydroxylation is 1. The van der Waals surface area contributed by atoms with E-state index in [9.17, 15) is 0 Å². The fraction of sp³-hybridized carbons (Fsp3) is 0.200. The Morgan fingerprint density at radius 1 is 1.04 bits per heavy atom. The largest absolute Gasteiger partial charge is 0.495 e. The molecule has 26 heavy (non-hydrogen) atoms. The minimum atomic E-state index is 0.546. The maximum absolute atomic E-state index is 6.17. The standard InChI is InChI=1S/C20H21ClN4O/c1-14-12-19(24-16-8-9-18(26-2)17(21)13-16)25-20(23-14)22-11-10-15-6-4-3-5-7-15/h3-9,12-13H,10-11H2,1-2H3,(H2,22,23,24,25). The second-order valence-electron chi connectivity index (χ2n) is 5.85. The third-order valence-electron chi connectivity index (χ3n) is 3.82. The predicted molar refractivity (Wildman–Crippen MR) is 107 cm³/mol. The SMILES string of the molecule is COc1ccc(Nc2cc(C)nc(NCCc3ccccc3)n2)cc1Cl. The third kappa shape index (κ3) is 4.86. The van der Waals surface area contributed by atoms with Crippen LogP contribution < -0.4 is 15.4 Å². The summed E-state index contributed by atoms with van der Waals surface area (Å²) in [5.74, 6) is 1.95. The lowest BCUT2D eigenvalue weighted by Crippen LogP contribution is -2.09. The first-order valence-corrected chi connectivity index (χ1v) is 8.76. The summed E-state index contributed by atoms with van der Waals surface area (Å²) < 4.78 is 5.17. The molecule has 134 valence electrons. The number of rotatable bonds is 7. The van der Waals surface area contributed by atoms with Gasteiger partial charge in [-0.05, 0) is 37.1 Å². The van der Waals surface area contributed by atoms with E-state index in [0.717, 1.165) is 24.3 Å². The Kier molecular flexibility index (Phi) is 5.92. The van der Waals surface area contributed by atoms with Gasteiger partial charge in [0.05, 0.1) is 12.1 Å². The number of hydrogen-bond acceptors (Lipinski definition) is 5. The van der Waals surface area contributed by atoms with Gasteiger partial charge in [0.1, 0.15) is 11.6 Å². The van der Waals surface area contributed by atoms with Gasteiger partial charge in [-0.15, -0.1) is 0 Å². The average molecular weight is 369 g/mol. The van der Waals surface area contributed by atoms with Crippen LogP contribution in [0.4, 0.5) is 17.5 Å². The van der Waals surface area contributed by atoms with Crippen LogP contribution in [0.1, 0.15) is 11.3 Å². The maximum atomic E-state index is 6.17. The van der Waals surface area contributed by atoms with Gasteiger partial charge in [-0.3, -0.25) is 0 Å². The van der Waals surface area contributed by atoms with E-state index in [0.29, 0.717) is 22.5 Å². The molecule has 6 heteroatoms. The molecule has 1 heterocycles. The number of nitrogens with zero attached hydrogens (tertiary/aromatic N) is 2. The molecule has 1 aromatic heterocycles. The first-order valence-electron chi connectivity index (χ1n) is 8.38. The smallest absolute Gasteiger partial charge is 0.224 e. The van der Waals surface area contributed by atoms with E-state index >= 15 is 0 Å². The van der Waals surface area contributed by atoms with Gasteiger partial charge in [0.2, 0.25) is 5.95 Å². The van der Waals surface area contributed by atoms with Crippen molar-refractivity contribution in [3.63, 3.8) is 0 Å². The lowest BCUT2D eigenvalue weighted by molar-refractivity contribution is 0.415. The Hall–Kier alpha value is -2.79. The Bertz CT molecular complexity index is 871. The summed E-state index contributed by atoms with van der Waals surface area (Å²) in [5.41, 5.74) is 2.99. The minimum absolute atomic E-state index is 0.546. The predicted octanol–water partition coefficient (Wildman–Crippen LogP) is 4.85. The fourth-order valence-corrected chi connectivity index (χ4v) is 2.82. The van der Waals surface area contributed by atoms with Crippen LogP contribution in [0.25, 0.3) is 0 Å². The van der Waals surface area contributed by atoms with Crippen LogP contribution in [0, 0.1) is 6.92 Å². The summed E-state index contributed by atoms with van der Waals surface area (Å²) in [6.07, 6.45) is 0.912. The van der Waals surface area contributed by atoms with Crippen molar-refractivity contribution in [2.45, 2.75) is 13.3 Å². The molecule has 3 rings (SSSR count). The van der Waals surface area contributed by atoms with E-state index in [1.165, 1.54) is 5.56 Å². The number of benzene rings is 2. The lowest BCUT2D eigenvalue weighted by Gasteiger charge is -2.11. The summed E-state index contributed by atoms with van der Waals surface area (Å²) in [4.78, 5) is 8.97. The van der Waals surface area contributed by atoms with Crippen LogP contribution in [-0.4, -0.2) is 23.6 Å². The average Bonchev–Trinajstić information content (AvgIpc) is 2.62. The molecule has 0 aliphatic heterocycles. The molecule has 3 aromatic rings. The molecule has 0 radical (unpaired) electrons. The van der Waals surface area contributed by atoms with E-state index in [-0.39, 0.29) is 0 Å². The zero-order chi connectivity index (χ0) is 18.4. The Morgan fingerprint density at radius 2 is 1.85 bits per heavy atom. The van der Waals surface area contributed by atoms with Crippen LogP contribution in [0.5, 0.6) is 5.75 Å². The highest BCUT2D eigenvalue weighted by Gasteiger charge is 2.05. The quantitative estimate of drug-likeness (QED) is 0.624. The molecule has 0 aliphatic carbocycles. The molecule has 0 unspecified atom stereocenters. The zero-order valence-electron chi connectivity index (χ0n) is 14.8. The Labute approximate surface area is 158 Å². The summed E-state index contributed by atoms with van der Waals surface area (Å²) in [6, 6.07) is 17.7. The Morgan fingerprint density at radius 3 is 2.58 bits per heavy atom. The molecule has 0 saturated carbocycles. The van der Waals surface area contributed by atoms with Gasteiger partial charge in [-0.25, -0.2) is 4.98 Å². The van der Waals surface area contributed by atoms with E-state index in [4.69, 9.17) is 16.3 Å². The molecule has 0 saturated heterocycles. The fourth-order valence-electron chi connectivity index (χ4n) is 2.57. The molecule has 0 fully saturated rings. The summed E-state index contributed by atoms with van der Waals surface area (Å²) in [5, 5.41) is 7.08. The molecular formula is C20H21ClN4O. The van der Waals surface area contributed by atoms with Crippen molar-refractivity contribution in [1.29, 1.82) is 0 Å². The third-order valence-corrected chi connectivity index (χ3v) is 4.11. The van der Waals surface area contributed by atoms with Crippen LogP contribution in [-0.2, 0) is 6.42 Å². The minimum Gasteiger partial charge on any atom is -0.495 e. The van der Waals surface area contributed by atoms with Crippen molar-refractivity contribution in [2.75, 3.05) is 24.3 Å². The molecule has 2 N–H and O–H groups in total. The van der Waals surface area contributed by atoms with Gasteiger partial charge in [0, 0.05) is 24.0 Å². The second kappa shape index (κ2) is 8.54. The van der Waals surface area contributed by atoms with Crippen LogP contribution in [0.2, 0.25) is 5.02 Å². The molecular weight excluding hydrogens is 348 g/mol. The van der Waals surface area contributed by atoms with Crippen molar-refractivity contribution in [2.24, 2.45) is 0 Å². The van der Waals surface area contributed by atoms with E-state index in [2.05, 4.69) is 32.7 Å². The molecule has 0 atom stereocenters. The van der Waals surface area contributed by atoms with Gasteiger partial charge in [0.15, 0.2) is 0 Å². The van der Waals surface area contributed by atoms with Gasteiger partial charge >= 0.3 is 0 Å². The lowest BCUT2D eigenvalue weighted by atomic mass is 10.1. The number of hydrogen-bond donors (Lipinski definition) is 2. The summed E-state index contributed by atoms with van der Waals surface area (Å²) in [6.45, 7) is 2.71. The van der Waals surface area contributed by atoms with E-state index < -0.39 is 0 Å². The molecule has 2 aromatic carbocycles. The summed E-state index contributed by atoms with van der Waals surface area (Å²) >= 11 is 6.17. The van der Waals surface area contributed by atoms with E-state index in [1.54, 1.807) is 13.2 Å². The number of methoxy groups -OCH3 is 1. The van der Waals surface area contributed by atoms with Crippen molar-refractivity contribution in [3.05, 3.63) is 70.9 Å². The molecule has 0 aliphatic rings. The second-order valence-corrected chi connectivity index (χ2v) is 6.26. The van der Waals surface area contributed by atoms with Crippen molar-refractivity contribution in [1.82, 2.24) is 9.97 Å². The topological polar surface area (TPSA) is 59.1 Å². The van der Waals surface area contributed by atoms with Gasteiger partial charge in [0.25, 0.3) is 0 Å². The number of halogens is 1. The number of nitrogens with one attached hydrogen (secondary N) is 2. The maximum Gasteiger partial charge on any atom is 0.224 e. The van der Waals surface area contributed by atoms with Crippen molar-refractivity contribution < 1.29 is 4.74 Å². The van der Waals surface area contributed by atoms with Gasteiger partial charge < -0.3 is 15.4 Å². The van der Waals surface area contributed by atoms with Crippen LogP contribution in [0.15, 0.2) is 54.6 Å². The first-order chi connectivity index (χ1) is 12.6. The normalized spacial score (nSPS) is 10.4. The van der Waals surface area contributed by atoms with Crippen LogP contribution >= 0.6 is 11.6 Å². The molecule has 0 bridgehead atoms. The monoisotopic (exact) mass is 368 g/mol. The van der Waals surface area contributed by atoms with Crippen molar-refractivity contribution in [3.8, 4) is 5.75 Å². The highest BCUT2D eigenvalue weighted by Crippen LogP contribution is 2.28.